The van der Waals surface area contributed by atoms with Gasteiger partial charge in [-0.1, -0.05) is 15.9 Å². The van der Waals surface area contributed by atoms with E-state index in [1.807, 2.05) is 31.2 Å². The van der Waals surface area contributed by atoms with Crippen LogP contribution in [0.3, 0.4) is 0 Å². The van der Waals surface area contributed by atoms with Gasteiger partial charge in [-0.05, 0) is 31.2 Å². The molecule has 1 aromatic carbocycles. The first-order chi connectivity index (χ1) is 8.20. The Morgan fingerprint density at radius 3 is 2.82 bits per heavy atom. The molecule has 4 heteroatoms. The fourth-order valence-electron chi connectivity index (χ4n) is 1.50. The number of rotatable bonds is 3. The fourth-order valence-corrected chi connectivity index (χ4v) is 1.91. The number of halogens is 1. The molecule has 0 saturated carbocycles. The summed E-state index contributed by atoms with van der Waals surface area (Å²) < 4.78 is 6.84. The molecule has 2 aromatic rings. The standard InChI is InChI=1S/C13H13BrN2O/c1-9-8-16-5-4-12(9)17-13-3-2-11(14)6-10(13)7-15/h2-6,8H,7,15H2,1H3. The summed E-state index contributed by atoms with van der Waals surface area (Å²) in [6, 6.07) is 7.65. The number of ether oxygens (including phenoxy) is 1. The Bertz CT molecular complexity index is 529. The zero-order valence-corrected chi connectivity index (χ0v) is 11.1. The number of nitrogens with two attached hydrogens (primary N) is 1. The highest BCUT2D eigenvalue weighted by atomic mass is 79.9. The van der Waals surface area contributed by atoms with Crippen molar-refractivity contribution in [3.05, 3.63) is 52.3 Å². The third-order valence-electron chi connectivity index (χ3n) is 2.43. The van der Waals surface area contributed by atoms with E-state index >= 15 is 0 Å². The van der Waals surface area contributed by atoms with Crippen molar-refractivity contribution in [3.8, 4) is 11.5 Å². The highest BCUT2D eigenvalue weighted by Crippen LogP contribution is 2.29. The van der Waals surface area contributed by atoms with Crippen molar-refractivity contribution in [3.63, 3.8) is 0 Å². The van der Waals surface area contributed by atoms with Gasteiger partial charge in [-0.3, -0.25) is 4.98 Å². The first-order valence-electron chi connectivity index (χ1n) is 5.27. The molecule has 0 spiro atoms. The molecule has 0 aliphatic rings. The van der Waals surface area contributed by atoms with E-state index < -0.39 is 0 Å². The molecule has 0 amide bonds. The van der Waals surface area contributed by atoms with Crippen molar-refractivity contribution in [1.29, 1.82) is 0 Å². The summed E-state index contributed by atoms with van der Waals surface area (Å²) in [4.78, 5) is 4.03. The molecule has 2 N–H and O–H groups in total. The monoisotopic (exact) mass is 292 g/mol. The van der Waals surface area contributed by atoms with Crippen LogP contribution in [0.25, 0.3) is 0 Å². The molecule has 3 nitrogen and oxygen atoms in total. The van der Waals surface area contributed by atoms with Gasteiger partial charge in [0.1, 0.15) is 11.5 Å². The van der Waals surface area contributed by atoms with Crippen molar-refractivity contribution in [2.45, 2.75) is 13.5 Å². The van der Waals surface area contributed by atoms with Crippen LogP contribution in [0.5, 0.6) is 11.5 Å². The van der Waals surface area contributed by atoms with Crippen molar-refractivity contribution in [2.24, 2.45) is 5.73 Å². The largest absolute Gasteiger partial charge is 0.457 e. The van der Waals surface area contributed by atoms with Crippen molar-refractivity contribution < 1.29 is 4.74 Å². The first kappa shape index (κ1) is 12.1. The molecule has 0 radical (unpaired) electrons. The Morgan fingerprint density at radius 2 is 2.12 bits per heavy atom. The smallest absolute Gasteiger partial charge is 0.133 e. The Kier molecular flexibility index (Phi) is 3.76. The van der Waals surface area contributed by atoms with Gasteiger partial charge < -0.3 is 10.5 Å². The maximum Gasteiger partial charge on any atom is 0.133 e. The van der Waals surface area contributed by atoms with E-state index in [2.05, 4.69) is 20.9 Å². The second-order valence-electron chi connectivity index (χ2n) is 3.70. The second kappa shape index (κ2) is 5.29. The average Bonchev–Trinajstić information content (AvgIpc) is 2.34. The van der Waals surface area contributed by atoms with Gasteiger partial charge in [-0.2, -0.15) is 0 Å². The Morgan fingerprint density at radius 1 is 1.29 bits per heavy atom. The predicted octanol–water partition coefficient (Wildman–Crippen LogP) is 3.40. The predicted molar refractivity (Wildman–Crippen MR) is 71.1 cm³/mol. The molecule has 0 unspecified atom stereocenters. The van der Waals surface area contributed by atoms with Gasteiger partial charge >= 0.3 is 0 Å². The Labute approximate surface area is 109 Å². The van der Waals surface area contributed by atoms with Gasteiger partial charge in [0.2, 0.25) is 0 Å². The molecule has 0 aliphatic heterocycles. The molecular formula is C13H13BrN2O. The van der Waals surface area contributed by atoms with Gasteiger partial charge in [0, 0.05) is 34.5 Å². The lowest BCUT2D eigenvalue weighted by molar-refractivity contribution is 0.472. The molecule has 1 aromatic heterocycles. The zero-order chi connectivity index (χ0) is 12.3. The molecule has 0 bridgehead atoms. The van der Waals surface area contributed by atoms with Crippen LogP contribution in [0.4, 0.5) is 0 Å². The van der Waals surface area contributed by atoms with Crippen LogP contribution in [0, 0.1) is 6.92 Å². The lowest BCUT2D eigenvalue weighted by Gasteiger charge is -2.11. The molecule has 17 heavy (non-hydrogen) atoms. The van der Waals surface area contributed by atoms with Crippen LogP contribution in [0.15, 0.2) is 41.1 Å². The number of nitrogens with zero attached hydrogens (tertiary/aromatic N) is 1. The Balaban J connectivity index is 2.33. The molecule has 0 fully saturated rings. The maximum atomic E-state index is 5.85. The summed E-state index contributed by atoms with van der Waals surface area (Å²) >= 11 is 3.42. The van der Waals surface area contributed by atoms with E-state index in [-0.39, 0.29) is 0 Å². The molecule has 1 heterocycles. The minimum absolute atomic E-state index is 0.443. The summed E-state index contributed by atoms with van der Waals surface area (Å²) in [5.41, 5.74) is 7.66. The molecule has 0 saturated heterocycles. The van der Waals surface area contributed by atoms with E-state index in [1.54, 1.807) is 12.4 Å². The van der Waals surface area contributed by atoms with Crippen LogP contribution in [0.1, 0.15) is 11.1 Å². The molecular weight excluding hydrogens is 280 g/mol. The Hall–Kier alpha value is -1.39. The van der Waals surface area contributed by atoms with E-state index in [0.717, 1.165) is 27.1 Å². The van der Waals surface area contributed by atoms with Crippen molar-refractivity contribution in [1.82, 2.24) is 4.98 Å². The van der Waals surface area contributed by atoms with Gasteiger partial charge in [0.15, 0.2) is 0 Å². The molecule has 0 atom stereocenters. The second-order valence-corrected chi connectivity index (χ2v) is 4.62. The minimum Gasteiger partial charge on any atom is -0.457 e. The van der Waals surface area contributed by atoms with Crippen LogP contribution >= 0.6 is 15.9 Å². The highest BCUT2D eigenvalue weighted by Gasteiger charge is 2.06. The van der Waals surface area contributed by atoms with E-state index in [1.165, 1.54) is 0 Å². The maximum absolute atomic E-state index is 5.85. The summed E-state index contributed by atoms with van der Waals surface area (Å²) in [5, 5.41) is 0. The summed E-state index contributed by atoms with van der Waals surface area (Å²) in [7, 11) is 0. The van der Waals surface area contributed by atoms with Crippen LogP contribution in [-0.2, 0) is 6.54 Å². The highest BCUT2D eigenvalue weighted by molar-refractivity contribution is 9.10. The van der Waals surface area contributed by atoms with Crippen molar-refractivity contribution >= 4 is 15.9 Å². The van der Waals surface area contributed by atoms with Gasteiger partial charge in [-0.15, -0.1) is 0 Å². The quantitative estimate of drug-likeness (QED) is 0.943. The van der Waals surface area contributed by atoms with Gasteiger partial charge in [-0.25, -0.2) is 0 Å². The molecule has 2 rings (SSSR count). The third-order valence-corrected chi connectivity index (χ3v) is 2.92. The van der Waals surface area contributed by atoms with E-state index in [4.69, 9.17) is 10.5 Å². The normalized spacial score (nSPS) is 10.3. The van der Waals surface area contributed by atoms with Crippen molar-refractivity contribution in [2.75, 3.05) is 0 Å². The first-order valence-corrected chi connectivity index (χ1v) is 6.07. The SMILES string of the molecule is Cc1cnccc1Oc1ccc(Br)cc1CN. The summed E-state index contributed by atoms with van der Waals surface area (Å²) in [6.07, 6.45) is 3.49. The lowest BCUT2D eigenvalue weighted by atomic mass is 10.2. The van der Waals surface area contributed by atoms with Gasteiger partial charge in [0.25, 0.3) is 0 Å². The van der Waals surface area contributed by atoms with Crippen LogP contribution in [-0.4, -0.2) is 4.98 Å². The number of aryl methyl sites for hydroxylation is 1. The van der Waals surface area contributed by atoms with E-state index in [0.29, 0.717) is 6.54 Å². The lowest BCUT2D eigenvalue weighted by Crippen LogP contribution is -2.00. The number of hydrogen-bond donors (Lipinski definition) is 1. The average molecular weight is 293 g/mol. The fraction of sp³-hybridized carbons (Fsp3) is 0.154. The molecule has 88 valence electrons. The minimum atomic E-state index is 0.443. The third kappa shape index (κ3) is 2.84. The van der Waals surface area contributed by atoms with E-state index in [9.17, 15) is 0 Å². The van der Waals surface area contributed by atoms with Crippen LogP contribution in [0.2, 0.25) is 0 Å². The number of hydrogen-bond acceptors (Lipinski definition) is 3. The summed E-state index contributed by atoms with van der Waals surface area (Å²) in [6.45, 7) is 2.40. The topological polar surface area (TPSA) is 48.1 Å². The zero-order valence-electron chi connectivity index (χ0n) is 9.48. The number of aromatic nitrogens is 1. The summed E-state index contributed by atoms with van der Waals surface area (Å²) in [5.74, 6) is 1.59. The molecule has 0 aliphatic carbocycles. The number of pyridine rings is 1. The van der Waals surface area contributed by atoms with Crippen LogP contribution < -0.4 is 10.5 Å². The number of benzene rings is 1. The van der Waals surface area contributed by atoms with Gasteiger partial charge in [0.05, 0.1) is 0 Å².